The van der Waals surface area contributed by atoms with Gasteiger partial charge in [0.1, 0.15) is 0 Å². The first-order chi connectivity index (χ1) is 8.80. The average molecular weight is 354 g/mol. The third-order valence-electron chi connectivity index (χ3n) is 2.59. The summed E-state index contributed by atoms with van der Waals surface area (Å²) in [5, 5.41) is 7.55. The van der Waals surface area contributed by atoms with Crippen molar-refractivity contribution in [1.82, 2.24) is 24.2 Å². The fourth-order valence-corrected chi connectivity index (χ4v) is 4.19. The van der Waals surface area contributed by atoms with Crippen molar-refractivity contribution in [3.05, 3.63) is 4.60 Å². The first-order valence-corrected chi connectivity index (χ1v) is 8.24. The van der Waals surface area contributed by atoms with E-state index in [9.17, 15) is 8.42 Å². The van der Waals surface area contributed by atoms with Crippen LogP contribution >= 0.6 is 15.9 Å². The number of likely N-dealkylation sites (N-methyl/N-ethyl adjacent to an activating group) is 1. The third kappa shape index (κ3) is 3.98. The van der Waals surface area contributed by atoms with Crippen LogP contribution in [0.1, 0.15) is 13.3 Å². The highest BCUT2D eigenvalue weighted by Gasteiger charge is 2.30. The summed E-state index contributed by atoms with van der Waals surface area (Å²) in [6, 6.07) is 0. The molecule has 1 rings (SSSR count). The molecule has 0 saturated carbocycles. The van der Waals surface area contributed by atoms with E-state index in [1.807, 2.05) is 25.9 Å². The fraction of sp³-hybridized carbons (Fsp3) is 0.800. The Morgan fingerprint density at radius 1 is 1.26 bits per heavy atom. The summed E-state index contributed by atoms with van der Waals surface area (Å²) in [7, 11) is 1.82. The lowest BCUT2D eigenvalue weighted by atomic mass is 10.4. The van der Waals surface area contributed by atoms with Gasteiger partial charge in [0.2, 0.25) is 5.03 Å². The largest absolute Gasteiger partial charge is 0.308 e. The number of aromatic nitrogens is 3. The lowest BCUT2D eigenvalue weighted by Gasteiger charge is -2.23. The summed E-state index contributed by atoms with van der Waals surface area (Å²) in [6.07, 6.45) is 0.759. The maximum Gasteiger partial charge on any atom is 0.263 e. The van der Waals surface area contributed by atoms with E-state index in [4.69, 9.17) is 0 Å². The Kier molecular flexibility index (Phi) is 5.90. The fourth-order valence-electron chi connectivity index (χ4n) is 1.63. The Morgan fingerprint density at radius 3 is 2.32 bits per heavy atom. The number of sulfonamides is 1. The van der Waals surface area contributed by atoms with Gasteiger partial charge in [-0.25, -0.2) is 13.1 Å². The molecule has 0 aliphatic heterocycles. The molecule has 110 valence electrons. The number of nitrogens with zero attached hydrogens (tertiary/aromatic N) is 5. The second-order valence-electron chi connectivity index (χ2n) is 4.52. The zero-order valence-corrected chi connectivity index (χ0v) is 14.1. The number of rotatable bonds is 7. The maximum atomic E-state index is 12.6. The molecule has 0 aromatic carbocycles. The van der Waals surface area contributed by atoms with Crippen LogP contribution in [-0.2, 0) is 17.1 Å². The van der Waals surface area contributed by atoms with Crippen molar-refractivity contribution in [3.63, 3.8) is 0 Å². The summed E-state index contributed by atoms with van der Waals surface area (Å²) in [6.45, 7) is 3.55. The second-order valence-corrected chi connectivity index (χ2v) is 7.12. The predicted octanol–water partition coefficient (Wildman–Crippen LogP) is 0.540. The lowest BCUT2D eigenvalue weighted by molar-refractivity contribution is 0.331. The first-order valence-electron chi connectivity index (χ1n) is 6.00. The molecule has 19 heavy (non-hydrogen) atoms. The first kappa shape index (κ1) is 16.5. The molecule has 0 amide bonds. The van der Waals surface area contributed by atoms with Gasteiger partial charge in [-0.3, -0.25) is 0 Å². The summed E-state index contributed by atoms with van der Waals surface area (Å²) in [4.78, 5) is 1.95. The number of halogens is 1. The number of hydrogen-bond donors (Lipinski definition) is 0. The summed E-state index contributed by atoms with van der Waals surface area (Å²) >= 11 is 3.14. The molecule has 0 radical (unpaired) electrons. The summed E-state index contributed by atoms with van der Waals surface area (Å²) < 4.78 is 28.2. The molecule has 0 atom stereocenters. The quantitative estimate of drug-likeness (QED) is 0.715. The van der Waals surface area contributed by atoms with Gasteiger partial charge in [-0.1, -0.05) is 12.1 Å². The van der Waals surface area contributed by atoms with Gasteiger partial charge in [0.05, 0.1) is 0 Å². The maximum absolute atomic E-state index is 12.6. The van der Waals surface area contributed by atoms with E-state index in [1.54, 1.807) is 7.05 Å². The van der Waals surface area contributed by atoms with E-state index in [1.165, 1.54) is 8.99 Å². The smallest absolute Gasteiger partial charge is 0.263 e. The van der Waals surface area contributed by atoms with Crippen molar-refractivity contribution in [3.8, 4) is 0 Å². The Balaban J connectivity index is 3.06. The molecule has 0 spiro atoms. The van der Waals surface area contributed by atoms with Crippen LogP contribution < -0.4 is 0 Å². The Labute approximate surface area is 122 Å². The van der Waals surface area contributed by atoms with Gasteiger partial charge in [0.15, 0.2) is 4.60 Å². The number of hydrogen-bond acceptors (Lipinski definition) is 5. The van der Waals surface area contributed by atoms with Gasteiger partial charge < -0.3 is 4.90 Å². The highest BCUT2D eigenvalue weighted by atomic mass is 79.9. The van der Waals surface area contributed by atoms with Crippen LogP contribution in [0.3, 0.4) is 0 Å². The van der Waals surface area contributed by atoms with E-state index in [2.05, 4.69) is 26.2 Å². The monoisotopic (exact) mass is 353 g/mol. The van der Waals surface area contributed by atoms with E-state index in [0.29, 0.717) is 19.6 Å². The standard InChI is InChI=1S/C10H20BrN5O2S/c1-5-6-16(8-7-14(2)3)19(17,18)10-9(11)12-13-15(10)4/h5-8H2,1-4H3. The lowest BCUT2D eigenvalue weighted by Crippen LogP contribution is -2.38. The Hall–Kier alpha value is -0.510. The molecule has 0 bridgehead atoms. The highest BCUT2D eigenvalue weighted by Crippen LogP contribution is 2.22. The van der Waals surface area contributed by atoms with Crippen molar-refractivity contribution in [1.29, 1.82) is 0 Å². The predicted molar refractivity (Wildman–Crippen MR) is 76.3 cm³/mol. The third-order valence-corrected chi connectivity index (χ3v) is 5.38. The average Bonchev–Trinajstić information content (AvgIpc) is 2.64. The molecule has 1 heterocycles. The zero-order valence-electron chi connectivity index (χ0n) is 11.7. The van der Waals surface area contributed by atoms with Gasteiger partial charge in [0, 0.05) is 26.7 Å². The molecule has 0 N–H and O–H groups in total. The summed E-state index contributed by atoms with van der Waals surface area (Å²) in [5.74, 6) is 0. The highest BCUT2D eigenvalue weighted by molar-refractivity contribution is 9.10. The molecule has 0 aliphatic carbocycles. The van der Waals surface area contributed by atoms with Crippen LogP contribution in [0, 0.1) is 0 Å². The molecule has 0 fully saturated rings. The molecular formula is C10H20BrN5O2S. The Morgan fingerprint density at radius 2 is 1.89 bits per heavy atom. The van der Waals surface area contributed by atoms with Crippen molar-refractivity contribution in [2.75, 3.05) is 33.7 Å². The topological polar surface area (TPSA) is 71.3 Å². The Bertz CT molecular complexity index is 494. The molecular weight excluding hydrogens is 334 g/mol. The molecule has 0 aliphatic rings. The molecule has 0 unspecified atom stereocenters. The normalized spacial score (nSPS) is 12.6. The van der Waals surface area contributed by atoms with Crippen molar-refractivity contribution >= 4 is 26.0 Å². The van der Waals surface area contributed by atoms with Crippen LogP contribution in [0.2, 0.25) is 0 Å². The second kappa shape index (κ2) is 6.78. The van der Waals surface area contributed by atoms with Crippen LogP contribution in [-0.4, -0.2) is 66.3 Å². The van der Waals surface area contributed by atoms with E-state index >= 15 is 0 Å². The molecule has 7 nitrogen and oxygen atoms in total. The van der Waals surface area contributed by atoms with Gasteiger partial charge >= 0.3 is 0 Å². The molecule has 0 saturated heterocycles. The van der Waals surface area contributed by atoms with Gasteiger partial charge in [-0.15, -0.1) is 5.10 Å². The SMILES string of the molecule is CCCN(CCN(C)C)S(=O)(=O)c1c(Br)nnn1C. The minimum absolute atomic E-state index is 0.0970. The minimum atomic E-state index is -3.58. The van der Waals surface area contributed by atoms with Crippen molar-refractivity contribution in [2.45, 2.75) is 18.4 Å². The van der Waals surface area contributed by atoms with Crippen molar-refractivity contribution < 1.29 is 8.42 Å². The van der Waals surface area contributed by atoms with Gasteiger partial charge in [-0.2, -0.15) is 4.31 Å². The molecule has 1 aromatic heterocycles. The van der Waals surface area contributed by atoms with Crippen LogP contribution in [0.4, 0.5) is 0 Å². The van der Waals surface area contributed by atoms with Crippen molar-refractivity contribution in [2.24, 2.45) is 7.05 Å². The van der Waals surface area contributed by atoms with Gasteiger partial charge in [0.25, 0.3) is 10.0 Å². The van der Waals surface area contributed by atoms with E-state index < -0.39 is 10.0 Å². The summed E-state index contributed by atoms with van der Waals surface area (Å²) in [5.41, 5.74) is 0. The van der Waals surface area contributed by atoms with Gasteiger partial charge in [-0.05, 0) is 36.4 Å². The van der Waals surface area contributed by atoms with Crippen LogP contribution in [0.15, 0.2) is 9.63 Å². The minimum Gasteiger partial charge on any atom is -0.308 e. The van der Waals surface area contributed by atoms with E-state index in [-0.39, 0.29) is 9.63 Å². The van der Waals surface area contributed by atoms with E-state index in [0.717, 1.165) is 6.42 Å². The number of aryl methyl sites for hydroxylation is 1. The molecule has 9 heteroatoms. The van der Waals surface area contributed by atoms with Crippen LogP contribution in [0.25, 0.3) is 0 Å². The van der Waals surface area contributed by atoms with Crippen LogP contribution in [0.5, 0.6) is 0 Å². The zero-order chi connectivity index (χ0) is 14.6. The molecule has 1 aromatic rings.